The summed E-state index contributed by atoms with van der Waals surface area (Å²) in [6.07, 6.45) is 5.11. The van der Waals surface area contributed by atoms with Gasteiger partial charge in [-0.05, 0) is 55.2 Å². The highest BCUT2D eigenvalue weighted by molar-refractivity contribution is 5.40. The van der Waals surface area contributed by atoms with Crippen LogP contribution in [-0.4, -0.2) is 21.6 Å². The fourth-order valence-electron chi connectivity index (χ4n) is 2.95. The topological polar surface area (TPSA) is 39.9 Å². The summed E-state index contributed by atoms with van der Waals surface area (Å²) in [4.78, 5) is 0. The first-order valence-corrected chi connectivity index (χ1v) is 9.24. The van der Waals surface area contributed by atoms with Gasteiger partial charge in [-0.15, -0.1) is 5.10 Å². The van der Waals surface area contributed by atoms with Crippen LogP contribution in [-0.2, 0) is 13.0 Å². The van der Waals surface area contributed by atoms with Crippen molar-refractivity contribution in [3.05, 3.63) is 41.2 Å². The van der Waals surface area contributed by atoms with Gasteiger partial charge in [-0.2, -0.15) is 0 Å². The van der Waals surface area contributed by atoms with E-state index >= 15 is 0 Å². The molecule has 0 bridgehead atoms. The van der Waals surface area contributed by atoms with Crippen molar-refractivity contribution in [1.29, 1.82) is 0 Å². The van der Waals surface area contributed by atoms with Crippen LogP contribution in [0.2, 0.25) is 0 Å². The molecule has 0 aliphatic carbocycles. The maximum absolute atomic E-state index is 5.93. The molecule has 0 radical (unpaired) electrons. The maximum atomic E-state index is 5.93. The van der Waals surface area contributed by atoms with Gasteiger partial charge in [0.05, 0.1) is 12.3 Å². The van der Waals surface area contributed by atoms with Crippen molar-refractivity contribution in [1.82, 2.24) is 15.0 Å². The second-order valence-corrected chi connectivity index (χ2v) is 6.68. The molecule has 0 fully saturated rings. The average Bonchev–Trinajstić information content (AvgIpc) is 3.05. The summed E-state index contributed by atoms with van der Waals surface area (Å²) in [5.41, 5.74) is 3.74. The SMILES string of the molecule is CCCOc1ccc(C(CC)Cc2cn(CC)nn2)cc1C(C)C. The van der Waals surface area contributed by atoms with Crippen LogP contribution in [0, 0.1) is 0 Å². The van der Waals surface area contributed by atoms with Gasteiger partial charge in [0.1, 0.15) is 5.75 Å². The van der Waals surface area contributed by atoms with E-state index in [-0.39, 0.29) is 0 Å². The van der Waals surface area contributed by atoms with E-state index in [1.54, 1.807) is 0 Å². The lowest BCUT2D eigenvalue weighted by Crippen LogP contribution is -2.06. The van der Waals surface area contributed by atoms with Crippen molar-refractivity contribution >= 4 is 0 Å². The Kier molecular flexibility index (Phi) is 6.83. The molecule has 0 spiro atoms. The number of aryl methyl sites for hydroxylation is 1. The number of aromatic nitrogens is 3. The van der Waals surface area contributed by atoms with Gasteiger partial charge < -0.3 is 4.74 Å². The van der Waals surface area contributed by atoms with Gasteiger partial charge in [0.2, 0.25) is 0 Å². The first-order chi connectivity index (χ1) is 11.6. The molecule has 4 heteroatoms. The smallest absolute Gasteiger partial charge is 0.122 e. The number of nitrogens with zero attached hydrogens (tertiary/aromatic N) is 3. The second-order valence-electron chi connectivity index (χ2n) is 6.68. The first-order valence-electron chi connectivity index (χ1n) is 9.24. The first kappa shape index (κ1) is 18.5. The standard InChI is InChI=1S/C20H31N3O/c1-6-11-24-20-10-9-17(13-19(20)15(4)5)16(7-2)12-18-14-23(8-3)22-21-18/h9-10,13-16H,6-8,11-12H2,1-5H3. The summed E-state index contributed by atoms with van der Waals surface area (Å²) >= 11 is 0. The summed E-state index contributed by atoms with van der Waals surface area (Å²) in [6, 6.07) is 6.69. The molecule has 0 amide bonds. The molecular formula is C20H31N3O. The van der Waals surface area contributed by atoms with E-state index in [1.807, 2.05) is 4.68 Å². The Morgan fingerprint density at radius 1 is 1.17 bits per heavy atom. The second kappa shape index (κ2) is 8.86. The normalized spacial score (nSPS) is 12.6. The summed E-state index contributed by atoms with van der Waals surface area (Å²) < 4.78 is 7.82. The molecule has 0 saturated heterocycles. The van der Waals surface area contributed by atoms with Crippen molar-refractivity contribution in [3.63, 3.8) is 0 Å². The predicted octanol–water partition coefficient (Wildman–Crippen LogP) is 4.95. The number of rotatable bonds is 9. The van der Waals surface area contributed by atoms with Crippen molar-refractivity contribution in [3.8, 4) is 5.75 Å². The zero-order valence-electron chi connectivity index (χ0n) is 15.7. The van der Waals surface area contributed by atoms with Crippen LogP contribution < -0.4 is 4.74 Å². The summed E-state index contributed by atoms with van der Waals surface area (Å²) in [5.74, 6) is 1.95. The molecule has 0 aliphatic heterocycles. The predicted molar refractivity (Wildman–Crippen MR) is 98.7 cm³/mol. The highest BCUT2D eigenvalue weighted by atomic mass is 16.5. The largest absolute Gasteiger partial charge is 0.493 e. The average molecular weight is 329 g/mol. The molecule has 24 heavy (non-hydrogen) atoms. The lowest BCUT2D eigenvalue weighted by molar-refractivity contribution is 0.313. The molecule has 1 aromatic heterocycles. The minimum absolute atomic E-state index is 0.454. The molecule has 1 atom stereocenters. The van der Waals surface area contributed by atoms with E-state index in [0.29, 0.717) is 11.8 Å². The Morgan fingerprint density at radius 3 is 2.54 bits per heavy atom. The highest BCUT2D eigenvalue weighted by Gasteiger charge is 2.16. The molecule has 1 aromatic carbocycles. The number of hydrogen-bond acceptors (Lipinski definition) is 3. The van der Waals surface area contributed by atoms with E-state index in [0.717, 1.165) is 43.9 Å². The van der Waals surface area contributed by atoms with Crippen LogP contribution in [0.15, 0.2) is 24.4 Å². The third kappa shape index (κ3) is 4.59. The molecule has 1 heterocycles. The molecule has 0 aliphatic rings. The fraction of sp³-hybridized carbons (Fsp3) is 0.600. The molecule has 0 N–H and O–H groups in total. The minimum atomic E-state index is 0.454. The van der Waals surface area contributed by atoms with Gasteiger partial charge in [0.15, 0.2) is 0 Å². The van der Waals surface area contributed by atoms with Gasteiger partial charge >= 0.3 is 0 Å². The summed E-state index contributed by atoms with van der Waals surface area (Å²) in [7, 11) is 0. The van der Waals surface area contributed by atoms with Crippen LogP contribution in [0.3, 0.4) is 0 Å². The summed E-state index contributed by atoms with van der Waals surface area (Å²) in [6.45, 7) is 12.6. The zero-order valence-corrected chi connectivity index (χ0v) is 15.7. The molecular weight excluding hydrogens is 298 g/mol. The lowest BCUT2D eigenvalue weighted by atomic mass is 9.89. The third-order valence-electron chi connectivity index (χ3n) is 4.45. The molecule has 2 rings (SSSR count). The van der Waals surface area contributed by atoms with Crippen LogP contribution in [0.1, 0.15) is 76.1 Å². The number of hydrogen-bond donors (Lipinski definition) is 0. The minimum Gasteiger partial charge on any atom is -0.493 e. The van der Waals surface area contributed by atoms with E-state index in [4.69, 9.17) is 4.74 Å². The number of benzene rings is 1. The van der Waals surface area contributed by atoms with Gasteiger partial charge in [-0.25, -0.2) is 0 Å². The van der Waals surface area contributed by atoms with Crippen molar-refractivity contribution < 1.29 is 4.74 Å². The fourth-order valence-corrected chi connectivity index (χ4v) is 2.95. The van der Waals surface area contributed by atoms with E-state index < -0.39 is 0 Å². The molecule has 132 valence electrons. The molecule has 4 nitrogen and oxygen atoms in total. The Bertz CT molecular complexity index is 634. The van der Waals surface area contributed by atoms with Gasteiger partial charge in [-0.3, -0.25) is 4.68 Å². The van der Waals surface area contributed by atoms with E-state index in [9.17, 15) is 0 Å². The zero-order chi connectivity index (χ0) is 17.5. The van der Waals surface area contributed by atoms with Crippen molar-refractivity contribution in [2.45, 2.75) is 72.3 Å². The Morgan fingerprint density at radius 2 is 1.96 bits per heavy atom. The lowest BCUT2D eigenvalue weighted by Gasteiger charge is -2.19. The van der Waals surface area contributed by atoms with Crippen LogP contribution >= 0.6 is 0 Å². The van der Waals surface area contributed by atoms with Gasteiger partial charge in [-0.1, -0.05) is 45.0 Å². The molecule has 2 aromatic rings. The monoisotopic (exact) mass is 329 g/mol. The van der Waals surface area contributed by atoms with Gasteiger partial charge in [0.25, 0.3) is 0 Å². The van der Waals surface area contributed by atoms with Crippen molar-refractivity contribution in [2.75, 3.05) is 6.61 Å². The molecule has 0 saturated carbocycles. The Balaban J connectivity index is 2.22. The van der Waals surface area contributed by atoms with E-state index in [2.05, 4.69) is 69.3 Å². The maximum Gasteiger partial charge on any atom is 0.122 e. The Hall–Kier alpha value is -1.84. The quantitative estimate of drug-likeness (QED) is 0.653. The third-order valence-corrected chi connectivity index (χ3v) is 4.45. The van der Waals surface area contributed by atoms with E-state index in [1.165, 1.54) is 11.1 Å². The Labute approximate surface area is 146 Å². The summed E-state index contributed by atoms with van der Waals surface area (Å²) in [5, 5.41) is 8.46. The van der Waals surface area contributed by atoms with Gasteiger partial charge in [0, 0.05) is 12.7 Å². The van der Waals surface area contributed by atoms with Crippen LogP contribution in [0.5, 0.6) is 5.75 Å². The highest BCUT2D eigenvalue weighted by Crippen LogP contribution is 2.32. The van der Waals surface area contributed by atoms with Crippen LogP contribution in [0.25, 0.3) is 0 Å². The number of ether oxygens (including phenoxy) is 1. The van der Waals surface area contributed by atoms with Crippen molar-refractivity contribution in [2.24, 2.45) is 0 Å². The molecule has 1 unspecified atom stereocenters. The van der Waals surface area contributed by atoms with Crippen LogP contribution in [0.4, 0.5) is 0 Å².